The third-order valence-electron chi connectivity index (χ3n) is 2.80. The standard InChI is InChI=1S/C12H12N2O4/c1-13(18-2)10(15)7-14-11(16)8-5-3-4-6-9(8)12(14)17/h3-6H,7H2,1-2H3. The Morgan fingerprint density at radius 1 is 1.22 bits per heavy atom. The smallest absolute Gasteiger partial charge is 0.266 e. The van der Waals surface area contributed by atoms with Crippen LogP contribution in [0.4, 0.5) is 0 Å². The van der Waals surface area contributed by atoms with E-state index in [0.29, 0.717) is 11.1 Å². The topological polar surface area (TPSA) is 66.9 Å². The molecular formula is C12H12N2O4. The molecule has 0 spiro atoms. The highest BCUT2D eigenvalue weighted by Gasteiger charge is 2.36. The molecule has 0 fully saturated rings. The molecule has 1 heterocycles. The maximum atomic E-state index is 11.9. The van der Waals surface area contributed by atoms with Gasteiger partial charge in [0.15, 0.2) is 0 Å². The van der Waals surface area contributed by atoms with E-state index in [1.54, 1.807) is 24.3 Å². The largest absolute Gasteiger partial charge is 0.275 e. The van der Waals surface area contributed by atoms with E-state index in [-0.39, 0.29) is 6.54 Å². The second kappa shape index (κ2) is 4.58. The molecule has 94 valence electrons. The normalized spacial score (nSPS) is 13.8. The molecule has 0 saturated heterocycles. The van der Waals surface area contributed by atoms with Gasteiger partial charge in [-0.25, -0.2) is 5.06 Å². The summed E-state index contributed by atoms with van der Waals surface area (Å²) in [5, 5.41) is 0.976. The molecule has 6 heteroatoms. The monoisotopic (exact) mass is 248 g/mol. The van der Waals surface area contributed by atoms with Crippen molar-refractivity contribution < 1.29 is 19.2 Å². The van der Waals surface area contributed by atoms with Gasteiger partial charge in [-0.3, -0.25) is 24.1 Å². The first-order chi connectivity index (χ1) is 8.56. The van der Waals surface area contributed by atoms with Crippen molar-refractivity contribution in [2.24, 2.45) is 0 Å². The van der Waals surface area contributed by atoms with Crippen molar-refractivity contribution in [1.82, 2.24) is 9.96 Å². The van der Waals surface area contributed by atoms with Crippen LogP contribution < -0.4 is 0 Å². The number of hydrogen-bond donors (Lipinski definition) is 0. The summed E-state index contributed by atoms with van der Waals surface area (Å²) in [5.74, 6) is -1.37. The molecule has 0 N–H and O–H groups in total. The zero-order chi connectivity index (χ0) is 13.3. The summed E-state index contributed by atoms with van der Waals surface area (Å²) in [7, 11) is 2.75. The average Bonchev–Trinajstić information content (AvgIpc) is 2.63. The van der Waals surface area contributed by atoms with Crippen LogP contribution in [0, 0.1) is 0 Å². The van der Waals surface area contributed by atoms with Crippen LogP contribution in [0.3, 0.4) is 0 Å². The molecular weight excluding hydrogens is 236 g/mol. The molecule has 1 aromatic rings. The zero-order valence-corrected chi connectivity index (χ0v) is 10.0. The second-order valence-electron chi connectivity index (χ2n) is 3.82. The molecule has 0 aliphatic carbocycles. The van der Waals surface area contributed by atoms with E-state index in [0.717, 1.165) is 9.96 Å². The maximum Gasteiger partial charge on any atom is 0.266 e. The number of imide groups is 1. The number of hydrogen-bond acceptors (Lipinski definition) is 4. The number of amides is 3. The van der Waals surface area contributed by atoms with E-state index in [4.69, 9.17) is 4.84 Å². The van der Waals surface area contributed by atoms with Gasteiger partial charge in [-0.1, -0.05) is 12.1 Å². The van der Waals surface area contributed by atoms with Gasteiger partial charge in [0, 0.05) is 7.05 Å². The third-order valence-corrected chi connectivity index (χ3v) is 2.80. The molecule has 0 bridgehead atoms. The van der Waals surface area contributed by atoms with Gasteiger partial charge in [0.25, 0.3) is 17.7 Å². The Bertz CT molecular complexity index is 492. The van der Waals surface area contributed by atoms with Crippen LogP contribution in [0.1, 0.15) is 20.7 Å². The summed E-state index contributed by atoms with van der Waals surface area (Å²) in [6.07, 6.45) is 0. The lowest BCUT2D eigenvalue weighted by Crippen LogP contribution is -2.40. The molecule has 6 nitrogen and oxygen atoms in total. The number of hydroxylamine groups is 2. The first-order valence-corrected chi connectivity index (χ1v) is 5.32. The van der Waals surface area contributed by atoms with Crippen LogP contribution >= 0.6 is 0 Å². The van der Waals surface area contributed by atoms with Crippen LogP contribution in [0.15, 0.2) is 24.3 Å². The first-order valence-electron chi connectivity index (χ1n) is 5.32. The van der Waals surface area contributed by atoms with E-state index >= 15 is 0 Å². The Hall–Kier alpha value is -2.21. The van der Waals surface area contributed by atoms with Crippen molar-refractivity contribution >= 4 is 17.7 Å². The summed E-state index contributed by atoms with van der Waals surface area (Å²) in [4.78, 5) is 41.1. The fourth-order valence-electron chi connectivity index (χ4n) is 1.72. The number of carbonyl (C=O) groups excluding carboxylic acids is 3. The van der Waals surface area contributed by atoms with Crippen LogP contribution in [0.25, 0.3) is 0 Å². The number of fused-ring (bicyclic) bond motifs is 1. The number of likely N-dealkylation sites (N-methyl/N-ethyl adjacent to an activating group) is 1. The highest BCUT2D eigenvalue weighted by atomic mass is 16.7. The third kappa shape index (κ3) is 1.86. The Labute approximate surface area is 104 Å². The molecule has 1 aromatic carbocycles. The summed E-state index contributed by atoms with van der Waals surface area (Å²) in [5.41, 5.74) is 0.658. The minimum absolute atomic E-state index is 0.323. The minimum atomic E-state index is -0.466. The van der Waals surface area contributed by atoms with E-state index in [1.807, 2.05) is 0 Å². The number of benzene rings is 1. The molecule has 2 rings (SSSR count). The Morgan fingerprint density at radius 2 is 1.72 bits per heavy atom. The van der Waals surface area contributed by atoms with Gasteiger partial charge in [-0.15, -0.1) is 0 Å². The zero-order valence-electron chi connectivity index (χ0n) is 10.0. The van der Waals surface area contributed by atoms with Crippen molar-refractivity contribution in [3.8, 4) is 0 Å². The molecule has 0 unspecified atom stereocenters. The first kappa shape index (κ1) is 12.3. The lowest BCUT2D eigenvalue weighted by molar-refractivity contribution is -0.168. The highest BCUT2D eigenvalue weighted by molar-refractivity contribution is 6.22. The molecule has 1 aliphatic heterocycles. The van der Waals surface area contributed by atoms with Crippen molar-refractivity contribution in [1.29, 1.82) is 0 Å². The molecule has 3 amide bonds. The molecule has 1 aliphatic rings. The Kier molecular flexibility index (Phi) is 3.12. The summed E-state index contributed by atoms with van der Waals surface area (Å²) >= 11 is 0. The quantitative estimate of drug-likeness (QED) is 0.570. The van der Waals surface area contributed by atoms with Crippen LogP contribution in [-0.2, 0) is 9.63 Å². The van der Waals surface area contributed by atoms with Crippen LogP contribution in [0.5, 0.6) is 0 Å². The fraction of sp³-hybridized carbons (Fsp3) is 0.250. The predicted molar refractivity (Wildman–Crippen MR) is 61.6 cm³/mol. The van der Waals surface area contributed by atoms with Crippen molar-refractivity contribution in [2.75, 3.05) is 20.7 Å². The van der Waals surface area contributed by atoms with Crippen molar-refractivity contribution in [3.05, 3.63) is 35.4 Å². The predicted octanol–water partition coefficient (Wildman–Crippen LogP) is 0.302. The van der Waals surface area contributed by atoms with E-state index in [9.17, 15) is 14.4 Å². The molecule has 0 saturated carbocycles. The van der Waals surface area contributed by atoms with Gasteiger partial charge in [0.2, 0.25) is 0 Å². The van der Waals surface area contributed by atoms with Crippen LogP contribution in [0.2, 0.25) is 0 Å². The van der Waals surface area contributed by atoms with Gasteiger partial charge >= 0.3 is 0 Å². The van der Waals surface area contributed by atoms with Gasteiger partial charge in [0.1, 0.15) is 6.54 Å². The SMILES string of the molecule is CON(C)C(=O)CN1C(=O)c2ccccc2C1=O. The number of rotatable bonds is 3. The summed E-state index contributed by atoms with van der Waals surface area (Å²) < 4.78 is 0. The average molecular weight is 248 g/mol. The second-order valence-corrected chi connectivity index (χ2v) is 3.82. The number of carbonyl (C=O) groups is 3. The van der Waals surface area contributed by atoms with Crippen molar-refractivity contribution in [3.63, 3.8) is 0 Å². The Morgan fingerprint density at radius 3 is 2.17 bits per heavy atom. The summed E-state index contributed by atoms with van der Waals surface area (Å²) in [6.45, 7) is -0.323. The molecule has 0 aromatic heterocycles. The van der Waals surface area contributed by atoms with Crippen LogP contribution in [-0.4, -0.2) is 48.4 Å². The lowest BCUT2D eigenvalue weighted by Gasteiger charge is -2.18. The fourth-order valence-corrected chi connectivity index (χ4v) is 1.72. The highest BCUT2D eigenvalue weighted by Crippen LogP contribution is 2.22. The van der Waals surface area contributed by atoms with Crippen molar-refractivity contribution in [2.45, 2.75) is 0 Å². The van der Waals surface area contributed by atoms with Gasteiger partial charge in [-0.05, 0) is 12.1 Å². The minimum Gasteiger partial charge on any atom is -0.275 e. The Balaban J connectivity index is 2.22. The molecule has 0 radical (unpaired) electrons. The maximum absolute atomic E-state index is 11.9. The lowest BCUT2D eigenvalue weighted by atomic mass is 10.1. The van der Waals surface area contributed by atoms with Gasteiger partial charge in [-0.2, -0.15) is 0 Å². The molecule has 18 heavy (non-hydrogen) atoms. The van der Waals surface area contributed by atoms with Gasteiger partial charge < -0.3 is 0 Å². The summed E-state index contributed by atoms with van der Waals surface area (Å²) in [6, 6.07) is 6.49. The molecule has 0 atom stereocenters. The van der Waals surface area contributed by atoms with E-state index in [1.165, 1.54) is 14.2 Å². The number of nitrogens with zero attached hydrogens (tertiary/aromatic N) is 2. The van der Waals surface area contributed by atoms with Gasteiger partial charge in [0.05, 0.1) is 18.2 Å². The van der Waals surface area contributed by atoms with E-state index in [2.05, 4.69) is 0 Å². The van der Waals surface area contributed by atoms with E-state index < -0.39 is 17.7 Å².